The van der Waals surface area contributed by atoms with E-state index in [4.69, 9.17) is 10.1 Å². The number of carboxylic acid groups (broad SMARTS) is 1. The number of likely N-dealkylation sites (tertiary alicyclic amines) is 1. The summed E-state index contributed by atoms with van der Waals surface area (Å²) in [5.41, 5.74) is 2.40. The summed E-state index contributed by atoms with van der Waals surface area (Å²) >= 11 is 3.21. The Labute approximate surface area is 230 Å². The molecule has 1 amide bonds. The first-order valence-corrected chi connectivity index (χ1v) is 14.7. The molecule has 0 aromatic carbocycles. The van der Waals surface area contributed by atoms with E-state index in [1.807, 2.05) is 0 Å². The van der Waals surface area contributed by atoms with Gasteiger partial charge in [-0.3, -0.25) is 24.7 Å². The van der Waals surface area contributed by atoms with Crippen molar-refractivity contribution in [3.05, 3.63) is 40.0 Å². The first kappa shape index (κ1) is 26.7. The molecule has 0 saturated carbocycles. The average molecular weight is 556 g/mol. The highest BCUT2D eigenvalue weighted by Crippen LogP contribution is 2.36. The van der Waals surface area contributed by atoms with Crippen LogP contribution >= 0.6 is 22.7 Å². The van der Waals surface area contributed by atoms with Crippen LogP contribution in [0.4, 0.5) is 10.9 Å². The summed E-state index contributed by atoms with van der Waals surface area (Å²) in [6.07, 6.45) is 5.71. The Bertz CT molecular complexity index is 1270. The molecule has 12 heteroatoms. The number of amides is 1. The van der Waals surface area contributed by atoms with Gasteiger partial charge in [-0.25, -0.2) is 15.0 Å². The molecule has 38 heavy (non-hydrogen) atoms. The van der Waals surface area contributed by atoms with Crippen molar-refractivity contribution in [3.63, 3.8) is 0 Å². The molecule has 1 atom stereocenters. The number of carboxylic acids is 1. The Hall–Kier alpha value is -2.93. The number of thiazole rings is 1. The van der Waals surface area contributed by atoms with Crippen molar-refractivity contribution in [3.8, 4) is 10.6 Å². The van der Waals surface area contributed by atoms with Crippen LogP contribution in [0.15, 0.2) is 23.8 Å². The number of thiophene rings is 1. The number of hydrogen-bond donors (Lipinski definition) is 2. The highest BCUT2D eigenvalue weighted by Gasteiger charge is 2.25. The lowest BCUT2D eigenvalue weighted by Gasteiger charge is -2.34. The van der Waals surface area contributed by atoms with Gasteiger partial charge in [-0.2, -0.15) is 0 Å². The molecule has 2 N–H and O–H groups in total. The maximum absolute atomic E-state index is 13.0. The van der Waals surface area contributed by atoms with Crippen molar-refractivity contribution < 1.29 is 14.7 Å². The molecule has 3 aromatic rings. The van der Waals surface area contributed by atoms with Crippen molar-refractivity contribution in [1.29, 1.82) is 0 Å². The molecule has 5 heterocycles. The third-order valence-electron chi connectivity index (χ3n) is 7.13. The zero-order valence-corrected chi connectivity index (χ0v) is 23.4. The third-order valence-corrected chi connectivity index (χ3v) is 9.14. The Morgan fingerprint density at radius 1 is 1.16 bits per heavy atom. The van der Waals surface area contributed by atoms with Gasteiger partial charge in [0.1, 0.15) is 11.5 Å². The molecule has 5 rings (SSSR count). The minimum absolute atomic E-state index is 0.149. The Morgan fingerprint density at radius 2 is 1.97 bits per heavy atom. The number of carbonyl (C=O) groups excluding carboxylic acids is 1. The molecule has 10 nitrogen and oxygen atoms in total. The molecule has 202 valence electrons. The quantitative estimate of drug-likeness (QED) is 0.407. The van der Waals surface area contributed by atoms with E-state index in [1.165, 1.54) is 40.8 Å². The fourth-order valence-corrected chi connectivity index (χ4v) is 6.87. The number of hydrogen-bond acceptors (Lipinski definition) is 10. The smallest absolute Gasteiger partial charge is 0.304 e. The molecule has 2 aliphatic rings. The second-order valence-corrected chi connectivity index (χ2v) is 11.9. The maximum Gasteiger partial charge on any atom is 0.304 e. The highest BCUT2D eigenvalue weighted by atomic mass is 32.1. The van der Waals surface area contributed by atoms with Crippen molar-refractivity contribution in [2.45, 2.75) is 45.7 Å². The van der Waals surface area contributed by atoms with Crippen molar-refractivity contribution in [1.82, 2.24) is 24.8 Å². The standard InChI is InChI=1S/C26H33N7O3S2/c1-17-12-20(37-16-17)24-21(15-33-6-3-4-18(33)2)38-26(29-24)30-25(36)19-13-28-22(14-27-19)32-10-8-31(9-11-32)7-5-23(34)35/h12-14,16,18H,3-11,15H2,1-2H3,(H,34,35)(H,29,30,36)/t18-/m1/s1. The van der Waals surface area contributed by atoms with E-state index in [0.717, 1.165) is 49.8 Å². The van der Waals surface area contributed by atoms with Crippen LogP contribution in [0.2, 0.25) is 0 Å². The number of rotatable bonds is 9. The lowest BCUT2D eigenvalue weighted by Crippen LogP contribution is -2.47. The fraction of sp³-hybridized carbons (Fsp3) is 0.500. The van der Waals surface area contributed by atoms with E-state index in [2.05, 4.69) is 55.3 Å². The highest BCUT2D eigenvalue weighted by molar-refractivity contribution is 7.17. The summed E-state index contributed by atoms with van der Waals surface area (Å²) < 4.78 is 0. The van der Waals surface area contributed by atoms with Gasteiger partial charge in [0.2, 0.25) is 0 Å². The van der Waals surface area contributed by atoms with E-state index in [1.54, 1.807) is 17.5 Å². The van der Waals surface area contributed by atoms with Crippen molar-refractivity contribution >= 4 is 45.5 Å². The van der Waals surface area contributed by atoms with Crippen LogP contribution in [0, 0.1) is 6.92 Å². The van der Waals surface area contributed by atoms with Crippen LogP contribution in [0.3, 0.4) is 0 Å². The Kier molecular flexibility index (Phi) is 8.32. The molecule has 2 aliphatic heterocycles. The van der Waals surface area contributed by atoms with Gasteiger partial charge in [0.05, 0.1) is 29.4 Å². The zero-order chi connectivity index (χ0) is 26.6. The molecule has 3 aromatic heterocycles. The Balaban J connectivity index is 1.23. The molecular formula is C26H33N7O3S2. The summed E-state index contributed by atoms with van der Waals surface area (Å²) in [5.74, 6) is -0.391. The largest absolute Gasteiger partial charge is 0.481 e. The average Bonchev–Trinajstić information content (AvgIpc) is 3.63. The van der Waals surface area contributed by atoms with E-state index in [-0.39, 0.29) is 18.0 Å². The first-order valence-electron chi connectivity index (χ1n) is 13.0. The number of anilines is 2. The topological polar surface area (TPSA) is 115 Å². The van der Waals surface area contributed by atoms with Crippen LogP contribution in [-0.4, -0.2) is 87.0 Å². The summed E-state index contributed by atoms with van der Waals surface area (Å²) in [6, 6.07) is 2.70. The Morgan fingerprint density at radius 3 is 2.61 bits per heavy atom. The maximum atomic E-state index is 13.0. The number of nitrogens with one attached hydrogen (secondary N) is 1. The molecule has 0 aliphatic carbocycles. The molecular weight excluding hydrogens is 522 g/mol. The van der Waals surface area contributed by atoms with Crippen LogP contribution in [0.1, 0.15) is 47.1 Å². The second-order valence-electron chi connectivity index (χ2n) is 9.93. The van der Waals surface area contributed by atoms with Gasteiger partial charge < -0.3 is 10.0 Å². The van der Waals surface area contributed by atoms with Gasteiger partial charge in [-0.1, -0.05) is 11.3 Å². The van der Waals surface area contributed by atoms with E-state index < -0.39 is 5.97 Å². The zero-order valence-electron chi connectivity index (χ0n) is 21.7. The number of aryl methyl sites for hydroxylation is 1. The van der Waals surface area contributed by atoms with Crippen LogP contribution in [0.25, 0.3) is 10.6 Å². The number of piperazine rings is 1. The fourth-order valence-electron chi connectivity index (χ4n) is 4.89. The second kappa shape index (κ2) is 11.9. The molecule has 0 radical (unpaired) electrons. The van der Waals surface area contributed by atoms with E-state index >= 15 is 0 Å². The molecule has 2 saturated heterocycles. The van der Waals surface area contributed by atoms with E-state index in [0.29, 0.717) is 23.5 Å². The predicted octanol–water partition coefficient (Wildman–Crippen LogP) is 3.80. The number of carbonyl (C=O) groups is 2. The summed E-state index contributed by atoms with van der Waals surface area (Å²) in [5, 5.41) is 14.5. The summed E-state index contributed by atoms with van der Waals surface area (Å²) in [7, 11) is 0. The molecule has 2 fully saturated rings. The van der Waals surface area contributed by atoms with Gasteiger partial charge in [0.15, 0.2) is 5.13 Å². The molecule has 0 unspecified atom stereocenters. The number of aliphatic carboxylic acids is 1. The first-order chi connectivity index (χ1) is 18.4. The lowest BCUT2D eigenvalue weighted by molar-refractivity contribution is -0.137. The third kappa shape index (κ3) is 6.37. The minimum atomic E-state index is -0.778. The van der Waals surface area contributed by atoms with Crippen molar-refractivity contribution in [2.75, 3.05) is 49.5 Å². The van der Waals surface area contributed by atoms with Gasteiger partial charge in [0.25, 0.3) is 5.91 Å². The number of nitrogens with zero attached hydrogens (tertiary/aromatic N) is 6. The molecule has 0 spiro atoms. The van der Waals surface area contributed by atoms with Crippen LogP contribution in [-0.2, 0) is 11.3 Å². The monoisotopic (exact) mass is 555 g/mol. The summed E-state index contributed by atoms with van der Waals surface area (Å²) in [6.45, 7) is 9.84. The lowest BCUT2D eigenvalue weighted by atomic mass is 10.2. The van der Waals surface area contributed by atoms with Gasteiger partial charge in [0, 0.05) is 50.2 Å². The minimum Gasteiger partial charge on any atom is -0.481 e. The van der Waals surface area contributed by atoms with Crippen LogP contribution < -0.4 is 10.2 Å². The normalized spacial score (nSPS) is 18.7. The summed E-state index contributed by atoms with van der Waals surface area (Å²) in [4.78, 5) is 46.5. The van der Waals surface area contributed by atoms with E-state index in [9.17, 15) is 9.59 Å². The van der Waals surface area contributed by atoms with Gasteiger partial charge in [-0.15, -0.1) is 11.3 Å². The number of aromatic nitrogens is 3. The van der Waals surface area contributed by atoms with Gasteiger partial charge in [-0.05, 0) is 50.2 Å². The van der Waals surface area contributed by atoms with Crippen LogP contribution in [0.5, 0.6) is 0 Å². The molecule has 0 bridgehead atoms. The van der Waals surface area contributed by atoms with Gasteiger partial charge >= 0.3 is 5.97 Å². The SMILES string of the molecule is Cc1csc(-c2nc(NC(=O)c3cnc(N4CCN(CCC(=O)O)CC4)cn3)sc2CN2CCC[C@H]2C)c1. The predicted molar refractivity (Wildman–Crippen MR) is 150 cm³/mol. The van der Waals surface area contributed by atoms with Crippen molar-refractivity contribution in [2.24, 2.45) is 0 Å².